The van der Waals surface area contributed by atoms with E-state index in [0.717, 1.165) is 48.6 Å². The fraction of sp³-hybridized carbons (Fsp3) is 0.588. The lowest BCUT2D eigenvalue weighted by Crippen LogP contribution is -2.40. The van der Waals surface area contributed by atoms with Gasteiger partial charge < -0.3 is 9.42 Å². The summed E-state index contributed by atoms with van der Waals surface area (Å²) < 4.78 is 5.16. The van der Waals surface area contributed by atoms with Crippen LogP contribution in [0.3, 0.4) is 0 Å². The number of hydrogen-bond donors (Lipinski definition) is 1. The monoisotopic (exact) mass is 316 g/mol. The fourth-order valence-corrected chi connectivity index (χ4v) is 3.42. The molecule has 1 atom stereocenters. The van der Waals surface area contributed by atoms with Gasteiger partial charge in [0, 0.05) is 37.0 Å². The second-order valence-electron chi connectivity index (χ2n) is 6.44. The number of carbonyl (C=O) groups is 1. The molecule has 0 unspecified atom stereocenters. The van der Waals surface area contributed by atoms with Crippen molar-refractivity contribution in [2.75, 3.05) is 13.1 Å². The Morgan fingerprint density at radius 3 is 3.04 bits per heavy atom. The van der Waals surface area contributed by atoms with E-state index in [2.05, 4.69) is 15.4 Å². The van der Waals surface area contributed by atoms with E-state index in [1.807, 2.05) is 24.8 Å². The molecule has 124 valence electrons. The van der Waals surface area contributed by atoms with Gasteiger partial charge in [0.05, 0.1) is 5.69 Å². The molecule has 3 heterocycles. The number of rotatable bonds is 5. The number of aryl methyl sites for hydroxylation is 2. The SMILES string of the molecule is Cc1noc(C)c1CCC(=O)N1CCC[C@@H](Cc2ccn[nH]2)C1. The van der Waals surface area contributed by atoms with Crippen LogP contribution in [0.2, 0.25) is 0 Å². The molecule has 1 amide bonds. The van der Waals surface area contributed by atoms with Crippen LogP contribution in [0.25, 0.3) is 0 Å². The van der Waals surface area contributed by atoms with Gasteiger partial charge in [0.1, 0.15) is 5.76 Å². The van der Waals surface area contributed by atoms with E-state index in [1.54, 1.807) is 6.20 Å². The first kappa shape index (κ1) is 15.8. The maximum Gasteiger partial charge on any atom is 0.222 e. The molecule has 6 heteroatoms. The van der Waals surface area contributed by atoms with E-state index in [9.17, 15) is 4.79 Å². The van der Waals surface area contributed by atoms with Gasteiger partial charge in [0.25, 0.3) is 0 Å². The number of likely N-dealkylation sites (tertiary alicyclic amines) is 1. The van der Waals surface area contributed by atoms with E-state index in [1.165, 1.54) is 6.42 Å². The van der Waals surface area contributed by atoms with Gasteiger partial charge in [0.15, 0.2) is 0 Å². The van der Waals surface area contributed by atoms with Crippen molar-refractivity contribution >= 4 is 5.91 Å². The predicted molar refractivity (Wildman–Crippen MR) is 85.9 cm³/mol. The molecule has 1 aliphatic heterocycles. The molecular formula is C17H24N4O2. The van der Waals surface area contributed by atoms with Crippen molar-refractivity contribution in [3.63, 3.8) is 0 Å². The first-order valence-electron chi connectivity index (χ1n) is 8.31. The highest BCUT2D eigenvalue weighted by atomic mass is 16.5. The van der Waals surface area contributed by atoms with Gasteiger partial charge in [-0.05, 0) is 51.5 Å². The summed E-state index contributed by atoms with van der Waals surface area (Å²) in [6.07, 6.45) is 6.24. The van der Waals surface area contributed by atoms with Gasteiger partial charge in [-0.3, -0.25) is 9.89 Å². The number of nitrogens with zero attached hydrogens (tertiary/aromatic N) is 3. The topological polar surface area (TPSA) is 75.0 Å². The lowest BCUT2D eigenvalue weighted by molar-refractivity contribution is -0.133. The minimum Gasteiger partial charge on any atom is -0.361 e. The van der Waals surface area contributed by atoms with Crippen molar-refractivity contribution in [1.29, 1.82) is 0 Å². The third-order valence-electron chi connectivity index (χ3n) is 4.71. The van der Waals surface area contributed by atoms with Crippen LogP contribution in [-0.2, 0) is 17.6 Å². The van der Waals surface area contributed by atoms with Crippen LogP contribution in [0, 0.1) is 19.8 Å². The number of aromatic amines is 1. The number of H-pyrrole nitrogens is 1. The molecule has 2 aromatic rings. The molecule has 0 radical (unpaired) electrons. The molecule has 2 aromatic heterocycles. The minimum atomic E-state index is 0.235. The minimum absolute atomic E-state index is 0.235. The van der Waals surface area contributed by atoms with Crippen molar-refractivity contribution in [1.82, 2.24) is 20.3 Å². The molecule has 1 fully saturated rings. The zero-order chi connectivity index (χ0) is 16.2. The van der Waals surface area contributed by atoms with Crippen molar-refractivity contribution in [3.05, 3.63) is 35.0 Å². The zero-order valence-corrected chi connectivity index (χ0v) is 13.8. The Bertz CT molecular complexity index is 628. The first-order chi connectivity index (χ1) is 11.1. The number of nitrogens with one attached hydrogen (secondary N) is 1. The molecular weight excluding hydrogens is 292 g/mol. The normalized spacial score (nSPS) is 18.3. The Labute approximate surface area is 136 Å². The molecule has 0 aromatic carbocycles. The van der Waals surface area contributed by atoms with Crippen LogP contribution in [0.4, 0.5) is 0 Å². The van der Waals surface area contributed by atoms with Gasteiger partial charge in [-0.1, -0.05) is 5.16 Å². The quantitative estimate of drug-likeness (QED) is 0.919. The smallest absolute Gasteiger partial charge is 0.222 e. The molecule has 0 bridgehead atoms. The largest absolute Gasteiger partial charge is 0.361 e. The zero-order valence-electron chi connectivity index (χ0n) is 13.8. The van der Waals surface area contributed by atoms with Crippen LogP contribution in [-0.4, -0.2) is 39.3 Å². The maximum absolute atomic E-state index is 12.5. The summed E-state index contributed by atoms with van der Waals surface area (Å²) in [4.78, 5) is 14.5. The van der Waals surface area contributed by atoms with Crippen molar-refractivity contribution in [3.8, 4) is 0 Å². The predicted octanol–water partition coefficient (Wildman–Crippen LogP) is 2.43. The number of piperidine rings is 1. The molecule has 0 aliphatic carbocycles. The molecule has 0 saturated carbocycles. The Balaban J connectivity index is 1.52. The molecule has 1 saturated heterocycles. The number of carbonyl (C=O) groups excluding carboxylic acids is 1. The Morgan fingerprint density at radius 2 is 2.35 bits per heavy atom. The summed E-state index contributed by atoms with van der Waals surface area (Å²) in [5.74, 6) is 1.58. The van der Waals surface area contributed by atoms with Gasteiger partial charge in [0.2, 0.25) is 5.91 Å². The Morgan fingerprint density at radius 1 is 1.48 bits per heavy atom. The second kappa shape index (κ2) is 6.98. The highest BCUT2D eigenvalue weighted by molar-refractivity contribution is 5.76. The van der Waals surface area contributed by atoms with Gasteiger partial charge >= 0.3 is 0 Å². The van der Waals surface area contributed by atoms with Gasteiger partial charge in [-0.2, -0.15) is 5.10 Å². The molecule has 0 spiro atoms. The van der Waals surface area contributed by atoms with Crippen LogP contribution < -0.4 is 0 Å². The Kier molecular flexibility index (Phi) is 4.79. The second-order valence-corrected chi connectivity index (χ2v) is 6.44. The maximum atomic E-state index is 12.5. The standard InChI is InChI=1S/C17H24N4O2/c1-12-16(13(2)23-20-12)5-6-17(22)21-9-3-4-14(11-21)10-15-7-8-18-19-15/h7-8,14H,3-6,9-11H2,1-2H3,(H,18,19)/t14-/m0/s1. The van der Waals surface area contributed by atoms with E-state index >= 15 is 0 Å². The van der Waals surface area contributed by atoms with Crippen LogP contribution in [0.15, 0.2) is 16.8 Å². The molecule has 3 rings (SSSR count). The Hall–Kier alpha value is -2.11. The van der Waals surface area contributed by atoms with Crippen LogP contribution in [0.5, 0.6) is 0 Å². The lowest BCUT2D eigenvalue weighted by Gasteiger charge is -2.32. The number of amides is 1. The molecule has 6 nitrogen and oxygen atoms in total. The van der Waals surface area contributed by atoms with E-state index < -0.39 is 0 Å². The average molecular weight is 316 g/mol. The van der Waals surface area contributed by atoms with E-state index in [-0.39, 0.29) is 5.91 Å². The number of hydrogen-bond acceptors (Lipinski definition) is 4. The summed E-state index contributed by atoms with van der Waals surface area (Å²) in [5.41, 5.74) is 3.12. The highest BCUT2D eigenvalue weighted by Gasteiger charge is 2.24. The summed E-state index contributed by atoms with van der Waals surface area (Å²) in [6.45, 7) is 5.55. The molecule has 1 aliphatic rings. The summed E-state index contributed by atoms with van der Waals surface area (Å²) in [5, 5.41) is 11.0. The lowest BCUT2D eigenvalue weighted by atomic mass is 9.93. The summed E-state index contributed by atoms with van der Waals surface area (Å²) >= 11 is 0. The molecule has 1 N–H and O–H groups in total. The van der Waals surface area contributed by atoms with Crippen molar-refractivity contribution < 1.29 is 9.32 Å². The average Bonchev–Trinajstić information content (AvgIpc) is 3.16. The van der Waals surface area contributed by atoms with Crippen LogP contribution in [0.1, 0.15) is 42.0 Å². The molecule has 23 heavy (non-hydrogen) atoms. The van der Waals surface area contributed by atoms with E-state index in [0.29, 0.717) is 18.8 Å². The van der Waals surface area contributed by atoms with Crippen LogP contribution >= 0.6 is 0 Å². The third-order valence-corrected chi connectivity index (χ3v) is 4.71. The summed E-state index contributed by atoms with van der Waals surface area (Å²) in [7, 11) is 0. The summed E-state index contributed by atoms with van der Waals surface area (Å²) in [6, 6.07) is 2.01. The van der Waals surface area contributed by atoms with E-state index in [4.69, 9.17) is 4.52 Å². The first-order valence-corrected chi connectivity index (χ1v) is 8.31. The van der Waals surface area contributed by atoms with Gasteiger partial charge in [-0.15, -0.1) is 0 Å². The number of aromatic nitrogens is 3. The van der Waals surface area contributed by atoms with Crippen molar-refractivity contribution in [2.24, 2.45) is 5.92 Å². The van der Waals surface area contributed by atoms with Gasteiger partial charge in [-0.25, -0.2) is 0 Å². The third kappa shape index (κ3) is 3.81. The fourth-order valence-electron chi connectivity index (χ4n) is 3.42. The highest BCUT2D eigenvalue weighted by Crippen LogP contribution is 2.21. The van der Waals surface area contributed by atoms with Crippen molar-refractivity contribution in [2.45, 2.75) is 46.0 Å².